The summed E-state index contributed by atoms with van der Waals surface area (Å²) in [6.07, 6.45) is 1.45. The van der Waals surface area contributed by atoms with Crippen LogP contribution in [0.15, 0.2) is 24.3 Å². The number of carbonyl (C=O) groups excluding carboxylic acids is 1. The summed E-state index contributed by atoms with van der Waals surface area (Å²) in [6.45, 7) is 1.41. The Morgan fingerprint density at radius 2 is 1.94 bits per heavy atom. The summed E-state index contributed by atoms with van der Waals surface area (Å²) >= 11 is 0. The van der Waals surface area contributed by atoms with Crippen LogP contribution < -0.4 is 10.6 Å². The van der Waals surface area contributed by atoms with Gasteiger partial charge < -0.3 is 5.73 Å². The van der Waals surface area contributed by atoms with E-state index in [1.165, 1.54) is 0 Å². The molecule has 2 heterocycles. The van der Waals surface area contributed by atoms with E-state index in [2.05, 4.69) is 0 Å². The fourth-order valence-corrected chi connectivity index (χ4v) is 3.16. The number of hydrogen-bond acceptors (Lipinski definition) is 2. The molecule has 0 unspecified atom stereocenters. The van der Waals surface area contributed by atoms with Crippen molar-refractivity contribution in [1.29, 1.82) is 0 Å². The second-order valence-corrected chi connectivity index (χ2v) is 5.13. The zero-order chi connectivity index (χ0) is 12.8. The van der Waals surface area contributed by atoms with Crippen LogP contribution in [0.3, 0.4) is 0 Å². The number of para-hydroxylation sites is 1. The van der Waals surface area contributed by atoms with E-state index in [1.54, 1.807) is 4.90 Å². The van der Waals surface area contributed by atoms with Gasteiger partial charge in [-0.1, -0.05) is 18.2 Å². The molecule has 2 amide bonds. The molecule has 2 aliphatic rings. The molecule has 18 heavy (non-hydrogen) atoms. The maximum absolute atomic E-state index is 13.2. The number of nitrogens with two attached hydrogens (primary N) is 1. The smallest absolute Gasteiger partial charge is 0.319 e. The standard InChI is InChI=1S/C13H16FN3O/c14-16-7-5-13(6-8-16)9-17(12(15)18)11-4-2-1-3-10(11)13/h1-4H,5-9H2,(H2,15,18). The van der Waals surface area contributed by atoms with E-state index in [4.69, 9.17) is 5.73 Å². The molecule has 0 saturated carbocycles. The van der Waals surface area contributed by atoms with Gasteiger partial charge in [0.1, 0.15) is 0 Å². The van der Waals surface area contributed by atoms with Crippen LogP contribution in [-0.2, 0) is 5.41 Å². The van der Waals surface area contributed by atoms with Crippen LogP contribution in [0.25, 0.3) is 0 Å². The summed E-state index contributed by atoms with van der Waals surface area (Å²) in [7, 11) is 0. The van der Waals surface area contributed by atoms with Crippen LogP contribution >= 0.6 is 0 Å². The van der Waals surface area contributed by atoms with E-state index < -0.39 is 6.03 Å². The first-order chi connectivity index (χ1) is 8.62. The van der Waals surface area contributed by atoms with Crippen molar-refractivity contribution in [3.8, 4) is 0 Å². The normalized spacial score (nSPS) is 22.2. The number of benzene rings is 1. The van der Waals surface area contributed by atoms with Crippen molar-refractivity contribution in [2.24, 2.45) is 5.73 Å². The topological polar surface area (TPSA) is 49.6 Å². The summed E-state index contributed by atoms with van der Waals surface area (Å²) in [4.78, 5) is 13.1. The van der Waals surface area contributed by atoms with Gasteiger partial charge in [-0.25, -0.2) is 4.79 Å². The molecule has 1 saturated heterocycles. The molecule has 1 fully saturated rings. The lowest BCUT2D eigenvalue weighted by molar-refractivity contribution is -0.0139. The van der Waals surface area contributed by atoms with E-state index in [9.17, 15) is 9.28 Å². The lowest BCUT2D eigenvalue weighted by Gasteiger charge is -2.36. The molecule has 2 N–H and O–H groups in total. The third-order valence-corrected chi connectivity index (χ3v) is 4.16. The van der Waals surface area contributed by atoms with Gasteiger partial charge >= 0.3 is 6.03 Å². The molecule has 5 heteroatoms. The summed E-state index contributed by atoms with van der Waals surface area (Å²) in [5.41, 5.74) is 7.34. The molecule has 3 rings (SSSR count). The highest BCUT2D eigenvalue weighted by Gasteiger charge is 2.45. The quantitative estimate of drug-likeness (QED) is 0.713. The molecular weight excluding hydrogens is 233 g/mol. The third kappa shape index (κ3) is 1.58. The summed E-state index contributed by atoms with van der Waals surface area (Å²) < 4.78 is 13.2. The number of halogens is 1. The fourth-order valence-electron chi connectivity index (χ4n) is 3.16. The first-order valence-corrected chi connectivity index (χ1v) is 6.20. The number of urea groups is 1. The third-order valence-electron chi connectivity index (χ3n) is 4.16. The highest BCUT2D eigenvalue weighted by atomic mass is 19.2. The van der Waals surface area contributed by atoms with E-state index in [0.717, 1.165) is 29.2 Å². The first kappa shape index (κ1) is 11.5. The second kappa shape index (κ2) is 3.95. The zero-order valence-corrected chi connectivity index (χ0v) is 10.1. The SMILES string of the molecule is NC(=O)N1CC2(CCN(F)CC2)c2ccccc21. The number of hydrogen-bond donors (Lipinski definition) is 1. The van der Waals surface area contributed by atoms with Gasteiger partial charge in [0.2, 0.25) is 0 Å². The molecule has 0 atom stereocenters. The molecule has 0 aromatic heterocycles. The number of carbonyl (C=O) groups is 1. The largest absolute Gasteiger partial charge is 0.351 e. The van der Waals surface area contributed by atoms with Crippen molar-refractivity contribution in [3.63, 3.8) is 0 Å². The number of primary amides is 1. The molecule has 4 nitrogen and oxygen atoms in total. The lowest BCUT2D eigenvalue weighted by atomic mass is 9.75. The average Bonchev–Trinajstić information content (AvgIpc) is 2.69. The maximum Gasteiger partial charge on any atom is 0.319 e. The van der Waals surface area contributed by atoms with Crippen LogP contribution in [0.5, 0.6) is 0 Å². The van der Waals surface area contributed by atoms with E-state index in [1.807, 2.05) is 24.3 Å². The molecule has 1 spiro atoms. The predicted octanol–water partition coefficient (Wildman–Crippen LogP) is 1.80. The molecule has 1 aromatic carbocycles. The molecule has 96 valence electrons. The average molecular weight is 249 g/mol. The number of piperidine rings is 1. The Morgan fingerprint density at radius 1 is 1.28 bits per heavy atom. The molecular formula is C13H16FN3O. The zero-order valence-electron chi connectivity index (χ0n) is 10.1. The summed E-state index contributed by atoms with van der Waals surface area (Å²) in [5.74, 6) is 0. The Balaban J connectivity index is 2.02. The number of anilines is 1. The Labute approximate surface area is 105 Å². The van der Waals surface area contributed by atoms with E-state index in [-0.39, 0.29) is 5.41 Å². The van der Waals surface area contributed by atoms with Crippen molar-refractivity contribution in [2.75, 3.05) is 24.5 Å². The van der Waals surface area contributed by atoms with Gasteiger partial charge in [-0.15, -0.1) is 9.60 Å². The van der Waals surface area contributed by atoms with Crippen LogP contribution in [0, 0.1) is 0 Å². The fraction of sp³-hybridized carbons (Fsp3) is 0.462. The van der Waals surface area contributed by atoms with E-state index >= 15 is 0 Å². The Hall–Kier alpha value is -1.62. The second-order valence-electron chi connectivity index (χ2n) is 5.13. The number of amides is 2. The minimum absolute atomic E-state index is 0.117. The highest BCUT2D eigenvalue weighted by Crippen LogP contribution is 2.46. The van der Waals surface area contributed by atoms with Crippen molar-refractivity contribution >= 4 is 11.7 Å². The minimum Gasteiger partial charge on any atom is -0.351 e. The van der Waals surface area contributed by atoms with Crippen LogP contribution in [0.1, 0.15) is 18.4 Å². The van der Waals surface area contributed by atoms with Crippen LogP contribution in [0.4, 0.5) is 15.0 Å². The van der Waals surface area contributed by atoms with Gasteiger partial charge in [0, 0.05) is 30.7 Å². The Kier molecular flexibility index (Phi) is 2.52. The Bertz CT molecular complexity index is 483. The van der Waals surface area contributed by atoms with Gasteiger partial charge in [0.15, 0.2) is 0 Å². The lowest BCUT2D eigenvalue weighted by Crippen LogP contribution is -2.45. The number of rotatable bonds is 0. The van der Waals surface area contributed by atoms with Gasteiger partial charge in [-0.05, 0) is 24.5 Å². The molecule has 1 aromatic rings. The highest BCUT2D eigenvalue weighted by molar-refractivity contribution is 5.94. The predicted molar refractivity (Wildman–Crippen MR) is 67.0 cm³/mol. The first-order valence-electron chi connectivity index (χ1n) is 6.20. The maximum atomic E-state index is 13.2. The number of nitrogens with zero attached hydrogens (tertiary/aromatic N) is 2. The van der Waals surface area contributed by atoms with E-state index in [0.29, 0.717) is 19.6 Å². The number of fused-ring (bicyclic) bond motifs is 2. The van der Waals surface area contributed by atoms with Crippen molar-refractivity contribution in [3.05, 3.63) is 29.8 Å². The van der Waals surface area contributed by atoms with Crippen molar-refractivity contribution in [1.82, 2.24) is 5.12 Å². The molecule has 0 bridgehead atoms. The minimum atomic E-state index is -0.429. The van der Waals surface area contributed by atoms with Crippen molar-refractivity contribution < 1.29 is 9.28 Å². The van der Waals surface area contributed by atoms with Crippen LogP contribution in [0.2, 0.25) is 0 Å². The molecule has 2 aliphatic heterocycles. The van der Waals surface area contributed by atoms with Gasteiger partial charge in [-0.3, -0.25) is 4.90 Å². The monoisotopic (exact) mass is 249 g/mol. The van der Waals surface area contributed by atoms with Gasteiger partial charge in [0.05, 0.1) is 0 Å². The summed E-state index contributed by atoms with van der Waals surface area (Å²) in [5, 5.41) is 0.848. The molecule has 0 aliphatic carbocycles. The molecule has 0 radical (unpaired) electrons. The van der Waals surface area contributed by atoms with Gasteiger partial charge in [0.25, 0.3) is 0 Å². The summed E-state index contributed by atoms with van der Waals surface area (Å²) in [6, 6.07) is 7.38. The van der Waals surface area contributed by atoms with Crippen molar-refractivity contribution in [2.45, 2.75) is 18.3 Å². The Morgan fingerprint density at radius 3 is 2.61 bits per heavy atom. The van der Waals surface area contributed by atoms with Gasteiger partial charge in [-0.2, -0.15) is 0 Å². The van der Waals surface area contributed by atoms with Crippen LogP contribution in [-0.4, -0.2) is 30.8 Å².